The van der Waals surface area contributed by atoms with Crippen molar-refractivity contribution in [3.05, 3.63) is 70.9 Å². The Morgan fingerprint density at radius 2 is 1.87 bits per heavy atom. The minimum absolute atomic E-state index is 0.115. The van der Waals surface area contributed by atoms with Gasteiger partial charge in [0.2, 0.25) is 0 Å². The largest absolute Gasteiger partial charge is 0.508 e. The molecule has 3 heteroatoms. The zero-order valence-electron chi connectivity index (χ0n) is 17.4. The van der Waals surface area contributed by atoms with Crippen LogP contribution in [0.15, 0.2) is 48.5 Å². The Labute approximate surface area is 177 Å². The second kappa shape index (κ2) is 5.85. The molecule has 1 N–H and O–H groups in total. The van der Waals surface area contributed by atoms with E-state index in [9.17, 15) is 5.11 Å². The van der Waals surface area contributed by atoms with Crippen LogP contribution in [0.2, 0.25) is 0 Å². The quantitative estimate of drug-likeness (QED) is 0.686. The Hall–Kier alpha value is -2.39. The molecule has 3 aliphatic carbocycles. The van der Waals surface area contributed by atoms with Crippen molar-refractivity contribution in [2.75, 3.05) is 19.6 Å². The topological polar surface area (TPSA) is 36.4 Å². The highest BCUT2D eigenvalue weighted by Gasteiger charge is 2.61. The molecule has 3 aromatic rings. The number of fused-ring (bicyclic) bond motifs is 3. The number of nitrogens with zero attached hydrogens (tertiary/aromatic N) is 2. The molecule has 30 heavy (non-hydrogen) atoms. The first-order valence-electron chi connectivity index (χ1n) is 11.6. The van der Waals surface area contributed by atoms with Gasteiger partial charge < -0.3 is 10.0 Å². The fourth-order valence-corrected chi connectivity index (χ4v) is 7.08. The molecule has 2 heterocycles. The fourth-order valence-electron chi connectivity index (χ4n) is 7.08. The standard InChI is InChI=1S/C27H28N2O/c30-22-8-7-20-13-26-14-21-11-19-3-1-2-4-24(19)28-25(21)15-27(26,23(20)12-22)9-10-29(17-26)16-18-5-6-18/h1-4,7-8,11-12,18,30H,5-6,9-10,13-17H2. The third-order valence-electron chi connectivity index (χ3n) is 8.64. The number of aromatic hydroxyl groups is 1. The average molecular weight is 397 g/mol. The van der Waals surface area contributed by atoms with Crippen molar-refractivity contribution in [3.63, 3.8) is 0 Å². The lowest BCUT2D eigenvalue weighted by molar-refractivity contribution is 0.00133. The van der Waals surface area contributed by atoms with Crippen molar-refractivity contribution >= 4 is 10.9 Å². The van der Waals surface area contributed by atoms with E-state index >= 15 is 0 Å². The Kier molecular flexibility index (Phi) is 3.38. The summed E-state index contributed by atoms with van der Waals surface area (Å²) in [5, 5.41) is 11.6. The summed E-state index contributed by atoms with van der Waals surface area (Å²) < 4.78 is 0. The third kappa shape index (κ3) is 2.33. The third-order valence-corrected chi connectivity index (χ3v) is 8.64. The van der Waals surface area contributed by atoms with Gasteiger partial charge in [-0.05, 0) is 85.5 Å². The van der Waals surface area contributed by atoms with Gasteiger partial charge in [0.1, 0.15) is 5.75 Å². The molecule has 2 fully saturated rings. The van der Waals surface area contributed by atoms with Gasteiger partial charge in [0.15, 0.2) is 0 Å². The van der Waals surface area contributed by atoms with E-state index in [2.05, 4.69) is 47.4 Å². The Morgan fingerprint density at radius 3 is 2.77 bits per heavy atom. The molecule has 4 aliphatic rings. The van der Waals surface area contributed by atoms with Crippen LogP contribution >= 0.6 is 0 Å². The Bertz CT molecular complexity index is 1180. The van der Waals surface area contributed by atoms with Crippen LogP contribution in [0.4, 0.5) is 0 Å². The van der Waals surface area contributed by atoms with Crippen molar-refractivity contribution < 1.29 is 5.11 Å². The van der Waals surface area contributed by atoms with Crippen LogP contribution in [0.25, 0.3) is 10.9 Å². The van der Waals surface area contributed by atoms with Crippen LogP contribution < -0.4 is 0 Å². The van der Waals surface area contributed by atoms with Gasteiger partial charge in [-0.1, -0.05) is 24.3 Å². The molecule has 1 saturated carbocycles. The Morgan fingerprint density at radius 1 is 1.00 bits per heavy atom. The summed E-state index contributed by atoms with van der Waals surface area (Å²) in [7, 11) is 0. The SMILES string of the molecule is Oc1ccc2c(c1)C13CCN(CC4CC4)CC1(C2)Cc1cc2ccccc2nc1C3. The smallest absolute Gasteiger partial charge is 0.115 e. The summed E-state index contributed by atoms with van der Waals surface area (Å²) >= 11 is 0. The van der Waals surface area contributed by atoms with Gasteiger partial charge in [0.25, 0.3) is 0 Å². The number of phenols is 1. The van der Waals surface area contributed by atoms with E-state index in [1.165, 1.54) is 66.7 Å². The lowest BCUT2D eigenvalue weighted by Gasteiger charge is -2.56. The molecular weight excluding hydrogens is 368 g/mol. The van der Waals surface area contributed by atoms with E-state index in [0.29, 0.717) is 5.75 Å². The maximum absolute atomic E-state index is 10.4. The number of phenolic OH excluding ortho intramolecular Hbond substituents is 1. The van der Waals surface area contributed by atoms with Crippen LogP contribution in [0, 0.1) is 11.3 Å². The van der Waals surface area contributed by atoms with Gasteiger partial charge in [-0.15, -0.1) is 0 Å². The summed E-state index contributed by atoms with van der Waals surface area (Å²) in [5.41, 5.74) is 7.07. The molecule has 3 nitrogen and oxygen atoms in total. The highest BCUT2D eigenvalue weighted by molar-refractivity contribution is 5.79. The molecule has 1 aliphatic heterocycles. The van der Waals surface area contributed by atoms with Crippen LogP contribution in [0.3, 0.4) is 0 Å². The molecule has 0 amide bonds. The van der Waals surface area contributed by atoms with E-state index in [1.54, 1.807) is 0 Å². The normalized spacial score (nSPS) is 29.9. The molecule has 2 atom stereocenters. The molecule has 1 aromatic heterocycles. The van der Waals surface area contributed by atoms with Gasteiger partial charge in [0.05, 0.1) is 5.52 Å². The zero-order chi connectivity index (χ0) is 19.9. The van der Waals surface area contributed by atoms with E-state index in [4.69, 9.17) is 4.98 Å². The number of pyridine rings is 1. The molecule has 7 rings (SSSR count). The molecule has 2 unspecified atom stereocenters. The molecule has 1 saturated heterocycles. The highest BCUT2D eigenvalue weighted by Crippen LogP contribution is 2.62. The second-order valence-electron chi connectivity index (χ2n) is 10.4. The van der Waals surface area contributed by atoms with Gasteiger partial charge in [-0.25, -0.2) is 0 Å². The number of likely N-dealkylation sites (tertiary alicyclic amines) is 1. The average Bonchev–Trinajstić information content (AvgIpc) is 3.51. The van der Waals surface area contributed by atoms with Crippen molar-refractivity contribution in [1.29, 1.82) is 0 Å². The molecule has 152 valence electrons. The van der Waals surface area contributed by atoms with Crippen LogP contribution in [-0.2, 0) is 24.7 Å². The summed E-state index contributed by atoms with van der Waals surface area (Å²) in [4.78, 5) is 7.92. The van der Waals surface area contributed by atoms with Crippen molar-refractivity contribution in [2.24, 2.45) is 11.3 Å². The Balaban J connectivity index is 1.40. The first kappa shape index (κ1) is 17.3. The number of piperidine rings is 1. The van der Waals surface area contributed by atoms with Gasteiger partial charge in [-0.2, -0.15) is 0 Å². The van der Waals surface area contributed by atoms with Crippen molar-refractivity contribution in [2.45, 2.75) is 43.9 Å². The first-order chi connectivity index (χ1) is 14.6. The van der Waals surface area contributed by atoms with Gasteiger partial charge in [0, 0.05) is 41.4 Å². The molecular formula is C27H28N2O. The number of benzene rings is 2. The van der Waals surface area contributed by atoms with Crippen molar-refractivity contribution in [3.8, 4) is 5.75 Å². The van der Waals surface area contributed by atoms with Crippen LogP contribution in [0.5, 0.6) is 5.75 Å². The number of aromatic nitrogens is 1. The van der Waals surface area contributed by atoms with Gasteiger partial charge in [-0.3, -0.25) is 4.98 Å². The number of hydrogen-bond acceptors (Lipinski definition) is 3. The molecule has 0 radical (unpaired) electrons. The predicted octanol–water partition coefficient (Wildman–Crippen LogP) is 4.64. The van der Waals surface area contributed by atoms with E-state index in [-0.39, 0.29) is 10.8 Å². The van der Waals surface area contributed by atoms with Crippen molar-refractivity contribution in [1.82, 2.24) is 9.88 Å². The second-order valence-corrected chi connectivity index (χ2v) is 10.4. The number of hydrogen-bond donors (Lipinski definition) is 1. The lowest BCUT2D eigenvalue weighted by Crippen LogP contribution is -2.60. The van der Waals surface area contributed by atoms with Crippen LogP contribution in [0.1, 0.15) is 41.6 Å². The molecule has 0 spiro atoms. The van der Waals surface area contributed by atoms with E-state index in [0.717, 1.165) is 30.7 Å². The summed E-state index contributed by atoms with van der Waals surface area (Å²) in [6.07, 6.45) is 7.28. The summed E-state index contributed by atoms with van der Waals surface area (Å²) in [6, 6.07) is 17.1. The maximum Gasteiger partial charge on any atom is 0.115 e. The molecule has 2 aromatic carbocycles. The predicted molar refractivity (Wildman–Crippen MR) is 119 cm³/mol. The lowest BCUT2D eigenvalue weighted by atomic mass is 9.52. The summed E-state index contributed by atoms with van der Waals surface area (Å²) in [5.74, 6) is 1.35. The monoisotopic (exact) mass is 396 g/mol. The van der Waals surface area contributed by atoms with E-state index in [1.807, 2.05) is 6.07 Å². The zero-order valence-corrected chi connectivity index (χ0v) is 17.4. The number of para-hydroxylation sites is 1. The van der Waals surface area contributed by atoms with E-state index < -0.39 is 0 Å². The highest BCUT2D eigenvalue weighted by atomic mass is 16.3. The number of rotatable bonds is 2. The maximum atomic E-state index is 10.4. The first-order valence-corrected chi connectivity index (χ1v) is 11.6. The molecule has 0 bridgehead atoms. The minimum Gasteiger partial charge on any atom is -0.508 e. The minimum atomic E-state index is 0.115. The fraction of sp³-hybridized carbons (Fsp3) is 0.444. The summed E-state index contributed by atoms with van der Waals surface area (Å²) in [6.45, 7) is 3.64. The van der Waals surface area contributed by atoms with Crippen LogP contribution in [-0.4, -0.2) is 34.6 Å². The van der Waals surface area contributed by atoms with Gasteiger partial charge >= 0.3 is 0 Å².